The minimum atomic E-state index is 0.0173. The number of rotatable bonds is 0. The lowest BCUT2D eigenvalue weighted by atomic mass is 9.71. The minimum Gasteiger partial charge on any atom is -0.393 e. The third kappa shape index (κ3) is 1.19. The van der Waals surface area contributed by atoms with Gasteiger partial charge in [0.1, 0.15) is 0 Å². The molecule has 0 spiro atoms. The van der Waals surface area contributed by atoms with E-state index in [0.717, 1.165) is 24.2 Å². The third-order valence-electron chi connectivity index (χ3n) is 4.20. The Morgan fingerprint density at radius 1 is 0.917 bits per heavy atom. The summed E-state index contributed by atoms with van der Waals surface area (Å²) in [5.74, 6) is 3.11. The van der Waals surface area contributed by atoms with Crippen LogP contribution in [-0.4, -0.2) is 11.2 Å². The van der Waals surface area contributed by atoms with Crippen LogP contribution < -0.4 is 0 Å². The zero-order chi connectivity index (χ0) is 8.72. The van der Waals surface area contributed by atoms with Crippen LogP contribution in [0.4, 0.5) is 0 Å². The topological polar surface area (TPSA) is 20.2 Å². The molecule has 2 rings (SSSR count). The van der Waals surface area contributed by atoms with Crippen LogP contribution in [-0.2, 0) is 0 Å². The lowest BCUT2D eigenvalue weighted by molar-refractivity contribution is 0.00619. The first kappa shape index (κ1) is 8.55. The van der Waals surface area contributed by atoms with E-state index < -0.39 is 0 Å². The lowest BCUT2D eigenvalue weighted by Crippen LogP contribution is -2.36. The number of aliphatic hydroxyl groups excluding tert-OH is 1. The van der Waals surface area contributed by atoms with Crippen molar-refractivity contribution in [2.24, 2.45) is 23.7 Å². The van der Waals surface area contributed by atoms with Gasteiger partial charge >= 0.3 is 0 Å². The Balaban J connectivity index is 2.13. The Hall–Kier alpha value is -0.0400. The zero-order valence-corrected chi connectivity index (χ0v) is 8.16. The molecule has 1 N–H and O–H groups in total. The number of aliphatic hydroxyl groups is 1. The molecule has 0 aromatic rings. The fraction of sp³-hybridized carbons (Fsp3) is 1.00. The van der Waals surface area contributed by atoms with Crippen molar-refractivity contribution in [2.45, 2.75) is 45.6 Å². The molecule has 1 nitrogen and oxygen atoms in total. The molecule has 2 aliphatic carbocycles. The second kappa shape index (κ2) is 3.02. The van der Waals surface area contributed by atoms with Crippen LogP contribution in [0.3, 0.4) is 0 Å². The van der Waals surface area contributed by atoms with Crippen molar-refractivity contribution < 1.29 is 5.11 Å². The maximum Gasteiger partial charge on any atom is 0.0573 e. The normalized spacial score (nSPS) is 53.8. The molecule has 0 aliphatic heterocycles. The van der Waals surface area contributed by atoms with E-state index in [4.69, 9.17) is 0 Å². The average Bonchev–Trinajstić information content (AvgIpc) is 2.42. The van der Waals surface area contributed by atoms with Crippen molar-refractivity contribution in [3.05, 3.63) is 0 Å². The highest BCUT2D eigenvalue weighted by molar-refractivity contribution is 4.93. The third-order valence-corrected chi connectivity index (χ3v) is 4.20. The molecular weight excluding hydrogens is 148 g/mol. The number of hydrogen-bond acceptors (Lipinski definition) is 1. The Morgan fingerprint density at radius 2 is 1.58 bits per heavy atom. The van der Waals surface area contributed by atoms with Crippen molar-refractivity contribution in [1.82, 2.24) is 0 Å². The Labute approximate surface area is 75.2 Å². The van der Waals surface area contributed by atoms with Crippen LogP contribution in [0.25, 0.3) is 0 Å². The minimum absolute atomic E-state index is 0.0173. The highest BCUT2D eigenvalue weighted by Crippen LogP contribution is 2.48. The van der Waals surface area contributed by atoms with Gasteiger partial charge in [-0.15, -0.1) is 0 Å². The van der Waals surface area contributed by atoms with Gasteiger partial charge in [0.2, 0.25) is 0 Å². The summed E-state index contributed by atoms with van der Waals surface area (Å²) >= 11 is 0. The van der Waals surface area contributed by atoms with Gasteiger partial charge in [-0.3, -0.25) is 0 Å². The molecule has 0 bridgehead atoms. The molecular formula is C11H20O. The van der Waals surface area contributed by atoms with Crippen LogP contribution >= 0.6 is 0 Å². The molecule has 0 heterocycles. The standard InChI is InChI=1S/C11H20O/c1-7-4-6-10(12)11-8(2)3-5-9(7)11/h7-12H,3-6H2,1-2H3/t7-,8-,9+,10-,11+/m0/s1. The van der Waals surface area contributed by atoms with Gasteiger partial charge in [-0.1, -0.05) is 20.3 Å². The summed E-state index contributed by atoms with van der Waals surface area (Å²) in [5.41, 5.74) is 0. The maximum absolute atomic E-state index is 9.87. The first-order valence-corrected chi connectivity index (χ1v) is 5.38. The summed E-state index contributed by atoms with van der Waals surface area (Å²) in [4.78, 5) is 0. The van der Waals surface area contributed by atoms with Gasteiger partial charge in [-0.05, 0) is 42.9 Å². The van der Waals surface area contributed by atoms with Crippen LogP contribution in [0.2, 0.25) is 0 Å². The predicted molar refractivity (Wildman–Crippen MR) is 49.8 cm³/mol. The first-order valence-electron chi connectivity index (χ1n) is 5.38. The van der Waals surface area contributed by atoms with Gasteiger partial charge in [-0.25, -0.2) is 0 Å². The SMILES string of the molecule is C[C@H]1CC[C@H](O)[C@H]2[C@@H]1CC[C@@H]2C. The van der Waals surface area contributed by atoms with Crippen molar-refractivity contribution in [1.29, 1.82) is 0 Å². The molecule has 12 heavy (non-hydrogen) atoms. The Morgan fingerprint density at radius 3 is 2.25 bits per heavy atom. The van der Waals surface area contributed by atoms with Crippen molar-refractivity contribution >= 4 is 0 Å². The smallest absolute Gasteiger partial charge is 0.0573 e. The summed E-state index contributed by atoms with van der Waals surface area (Å²) in [7, 11) is 0. The summed E-state index contributed by atoms with van der Waals surface area (Å²) in [6.45, 7) is 4.67. The van der Waals surface area contributed by atoms with Crippen molar-refractivity contribution in [3.8, 4) is 0 Å². The van der Waals surface area contributed by atoms with E-state index in [9.17, 15) is 5.11 Å². The first-order chi connectivity index (χ1) is 5.70. The van der Waals surface area contributed by atoms with Gasteiger partial charge in [-0.2, -0.15) is 0 Å². The summed E-state index contributed by atoms with van der Waals surface area (Å²) in [5, 5.41) is 9.87. The molecule has 5 atom stereocenters. The van der Waals surface area contributed by atoms with Gasteiger partial charge in [0.25, 0.3) is 0 Å². The molecule has 0 amide bonds. The highest BCUT2D eigenvalue weighted by Gasteiger charge is 2.43. The lowest BCUT2D eigenvalue weighted by Gasteiger charge is -2.37. The molecule has 2 saturated carbocycles. The molecule has 2 aliphatic rings. The van der Waals surface area contributed by atoms with Gasteiger partial charge < -0.3 is 5.11 Å². The van der Waals surface area contributed by atoms with Gasteiger partial charge in [0.05, 0.1) is 6.10 Å². The Bertz CT molecular complexity index is 166. The molecule has 0 aromatic carbocycles. The number of hydrogen-bond donors (Lipinski definition) is 1. The van der Waals surface area contributed by atoms with E-state index in [-0.39, 0.29) is 6.10 Å². The monoisotopic (exact) mass is 168 g/mol. The second-order valence-electron chi connectivity index (χ2n) is 4.92. The fourth-order valence-electron chi connectivity index (χ4n) is 3.43. The largest absolute Gasteiger partial charge is 0.393 e. The van der Waals surface area contributed by atoms with Crippen molar-refractivity contribution in [2.75, 3.05) is 0 Å². The van der Waals surface area contributed by atoms with E-state index in [1.54, 1.807) is 0 Å². The van der Waals surface area contributed by atoms with Crippen molar-refractivity contribution in [3.63, 3.8) is 0 Å². The Kier molecular flexibility index (Phi) is 2.16. The molecule has 2 fully saturated rings. The summed E-state index contributed by atoms with van der Waals surface area (Å²) in [6, 6.07) is 0. The zero-order valence-electron chi connectivity index (χ0n) is 8.16. The van der Waals surface area contributed by atoms with Crippen LogP contribution in [0, 0.1) is 23.7 Å². The van der Waals surface area contributed by atoms with E-state index in [2.05, 4.69) is 13.8 Å². The van der Waals surface area contributed by atoms with Crippen LogP contribution in [0.1, 0.15) is 39.5 Å². The quantitative estimate of drug-likeness (QED) is 0.589. The van der Waals surface area contributed by atoms with Crippen LogP contribution in [0.15, 0.2) is 0 Å². The van der Waals surface area contributed by atoms with E-state index >= 15 is 0 Å². The summed E-state index contributed by atoms with van der Waals surface area (Å²) in [6.07, 6.45) is 5.02. The molecule has 0 radical (unpaired) electrons. The average molecular weight is 168 g/mol. The maximum atomic E-state index is 9.87. The predicted octanol–water partition coefficient (Wildman–Crippen LogP) is 2.44. The molecule has 0 aromatic heterocycles. The number of fused-ring (bicyclic) bond motifs is 1. The molecule has 70 valence electrons. The van der Waals surface area contributed by atoms with E-state index in [0.29, 0.717) is 5.92 Å². The van der Waals surface area contributed by atoms with Crippen LogP contribution in [0.5, 0.6) is 0 Å². The molecule has 0 unspecified atom stereocenters. The molecule has 1 heteroatoms. The second-order valence-corrected chi connectivity index (χ2v) is 4.92. The highest BCUT2D eigenvalue weighted by atomic mass is 16.3. The van der Waals surface area contributed by atoms with E-state index in [1.807, 2.05) is 0 Å². The van der Waals surface area contributed by atoms with Gasteiger partial charge in [0.15, 0.2) is 0 Å². The van der Waals surface area contributed by atoms with E-state index in [1.165, 1.54) is 19.3 Å². The fourth-order valence-corrected chi connectivity index (χ4v) is 3.43. The van der Waals surface area contributed by atoms with Gasteiger partial charge in [0, 0.05) is 0 Å². The molecule has 0 saturated heterocycles. The summed E-state index contributed by atoms with van der Waals surface area (Å²) < 4.78 is 0.